The van der Waals surface area contributed by atoms with Crippen LogP contribution in [0, 0.1) is 0 Å². The minimum Gasteiger partial charge on any atom is -0.497 e. The van der Waals surface area contributed by atoms with E-state index in [9.17, 15) is 0 Å². The molecule has 1 heterocycles. The van der Waals surface area contributed by atoms with E-state index >= 15 is 0 Å². The molecule has 8 heteroatoms. The van der Waals surface area contributed by atoms with Crippen molar-refractivity contribution in [3.8, 4) is 17.2 Å². The largest absolute Gasteiger partial charge is 0.497 e. The summed E-state index contributed by atoms with van der Waals surface area (Å²) in [6.45, 7) is 0. The molecule has 2 N–H and O–H groups in total. The van der Waals surface area contributed by atoms with E-state index in [2.05, 4.69) is 25.8 Å². The quantitative estimate of drug-likeness (QED) is 0.668. The molecule has 3 aromatic rings. The van der Waals surface area contributed by atoms with E-state index in [0.29, 0.717) is 23.3 Å². The van der Waals surface area contributed by atoms with E-state index in [1.54, 1.807) is 39.7 Å². The predicted octanol–water partition coefficient (Wildman–Crippen LogP) is 3.38. The maximum Gasteiger partial charge on any atom is 0.249 e. The maximum atomic E-state index is 5.29. The fourth-order valence-electron chi connectivity index (χ4n) is 2.31. The van der Waals surface area contributed by atoms with Gasteiger partial charge < -0.3 is 24.8 Å². The van der Waals surface area contributed by atoms with Crippen LogP contribution >= 0.6 is 0 Å². The lowest BCUT2D eigenvalue weighted by atomic mass is 10.3. The predicted molar refractivity (Wildman–Crippen MR) is 98.9 cm³/mol. The summed E-state index contributed by atoms with van der Waals surface area (Å²) in [4.78, 5) is 4.41. The van der Waals surface area contributed by atoms with Crippen LogP contribution < -0.4 is 24.8 Å². The molecule has 0 aliphatic heterocycles. The molecule has 8 nitrogen and oxygen atoms in total. The molecule has 0 aliphatic rings. The van der Waals surface area contributed by atoms with Gasteiger partial charge in [-0.15, -0.1) is 5.10 Å². The Kier molecular flexibility index (Phi) is 5.33. The van der Waals surface area contributed by atoms with Crippen LogP contribution in [0.3, 0.4) is 0 Å². The van der Waals surface area contributed by atoms with Crippen molar-refractivity contribution in [1.82, 2.24) is 15.2 Å². The Balaban J connectivity index is 1.77. The summed E-state index contributed by atoms with van der Waals surface area (Å²) in [5.74, 6) is 2.91. The monoisotopic (exact) mass is 353 g/mol. The molecule has 0 unspecified atom stereocenters. The van der Waals surface area contributed by atoms with Gasteiger partial charge in [0.25, 0.3) is 0 Å². The van der Waals surface area contributed by atoms with Crippen molar-refractivity contribution in [1.29, 1.82) is 0 Å². The van der Waals surface area contributed by atoms with E-state index in [-0.39, 0.29) is 0 Å². The summed E-state index contributed by atoms with van der Waals surface area (Å²) in [6, 6.07) is 13.0. The van der Waals surface area contributed by atoms with Gasteiger partial charge in [0.05, 0.1) is 27.5 Å². The summed E-state index contributed by atoms with van der Waals surface area (Å²) in [5, 5.41) is 14.2. The van der Waals surface area contributed by atoms with E-state index in [1.165, 1.54) is 0 Å². The number of aromatic nitrogens is 3. The van der Waals surface area contributed by atoms with E-state index in [0.717, 1.165) is 17.1 Å². The third-order valence-corrected chi connectivity index (χ3v) is 3.54. The number of rotatable bonds is 7. The lowest BCUT2D eigenvalue weighted by Crippen LogP contribution is -2.03. The molecular formula is C18H19N5O3. The van der Waals surface area contributed by atoms with E-state index in [1.807, 2.05) is 30.3 Å². The summed E-state index contributed by atoms with van der Waals surface area (Å²) in [5.41, 5.74) is 1.59. The fourth-order valence-corrected chi connectivity index (χ4v) is 2.31. The standard InChI is InChI=1S/C18H19N5O3/c1-24-14-6-4-5-12(9-14)20-17-11-19-23-18(22-17)21-13-7-8-15(25-2)16(10-13)26-3/h4-11H,1-3H3,(H2,20,21,22,23). The average Bonchev–Trinajstić information content (AvgIpc) is 2.68. The summed E-state index contributed by atoms with van der Waals surface area (Å²) in [7, 11) is 4.79. The molecule has 0 bridgehead atoms. The molecule has 26 heavy (non-hydrogen) atoms. The summed E-state index contributed by atoms with van der Waals surface area (Å²) < 4.78 is 15.7. The molecule has 0 fully saturated rings. The van der Waals surface area contributed by atoms with Crippen molar-refractivity contribution in [3.05, 3.63) is 48.7 Å². The first-order chi connectivity index (χ1) is 12.7. The summed E-state index contributed by atoms with van der Waals surface area (Å²) >= 11 is 0. The zero-order chi connectivity index (χ0) is 18.4. The summed E-state index contributed by atoms with van der Waals surface area (Å²) in [6.07, 6.45) is 1.54. The number of methoxy groups -OCH3 is 3. The number of ether oxygens (including phenoxy) is 3. The maximum absolute atomic E-state index is 5.29. The van der Waals surface area contributed by atoms with Gasteiger partial charge in [-0.05, 0) is 24.3 Å². The molecule has 1 aromatic heterocycles. The van der Waals surface area contributed by atoms with Crippen molar-refractivity contribution in [3.63, 3.8) is 0 Å². The molecule has 134 valence electrons. The Labute approximate surface area is 151 Å². The Morgan fingerprint density at radius 1 is 0.808 bits per heavy atom. The lowest BCUT2D eigenvalue weighted by molar-refractivity contribution is 0.355. The molecular weight excluding hydrogens is 334 g/mol. The number of nitrogens with one attached hydrogen (secondary N) is 2. The van der Waals surface area contributed by atoms with Gasteiger partial charge in [-0.25, -0.2) is 0 Å². The van der Waals surface area contributed by atoms with Gasteiger partial charge in [0.1, 0.15) is 5.75 Å². The highest BCUT2D eigenvalue weighted by Gasteiger charge is 2.07. The number of hydrogen-bond donors (Lipinski definition) is 2. The van der Waals surface area contributed by atoms with Gasteiger partial charge in [0.2, 0.25) is 5.95 Å². The van der Waals surface area contributed by atoms with Crippen LogP contribution in [0.25, 0.3) is 0 Å². The number of hydrogen-bond acceptors (Lipinski definition) is 8. The van der Waals surface area contributed by atoms with Gasteiger partial charge in [-0.1, -0.05) is 6.07 Å². The Bertz CT molecular complexity index is 888. The van der Waals surface area contributed by atoms with Gasteiger partial charge >= 0.3 is 0 Å². The average molecular weight is 353 g/mol. The second-order valence-electron chi connectivity index (χ2n) is 5.22. The lowest BCUT2D eigenvalue weighted by Gasteiger charge is -2.11. The third kappa shape index (κ3) is 4.10. The van der Waals surface area contributed by atoms with Crippen molar-refractivity contribution in [2.24, 2.45) is 0 Å². The molecule has 0 radical (unpaired) electrons. The second-order valence-corrected chi connectivity index (χ2v) is 5.22. The SMILES string of the molecule is COc1cccc(Nc2cnnc(Nc3ccc(OC)c(OC)c3)n2)c1. The van der Waals surface area contributed by atoms with Crippen LogP contribution in [-0.4, -0.2) is 36.5 Å². The van der Waals surface area contributed by atoms with Crippen LogP contribution in [0.4, 0.5) is 23.1 Å². The van der Waals surface area contributed by atoms with Crippen molar-refractivity contribution in [2.75, 3.05) is 32.0 Å². The van der Waals surface area contributed by atoms with Gasteiger partial charge in [-0.2, -0.15) is 10.1 Å². The molecule has 0 aliphatic carbocycles. The minimum absolute atomic E-state index is 0.352. The molecule has 0 spiro atoms. The highest BCUT2D eigenvalue weighted by atomic mass is 16.5. The van der Waals surface area contributed by atoms with Crippen molar-refractivity contribution in [2.45, 2.75) is 0 Å². The number of benzene rings is 2. The molecule has 2 aromatic carbocycles. The van der Waals surface area contributed by atoms with Crippen molar-refractivity contribution >= 4 is 23.1 Å². The molecule has 0 atom stereocenters. The van der Waals surface area contributed by atoms with Gasteiger partial charge in [0.15, 0.2) is 17.3 Å². The Morgan fingerprint density at radius 3 is 2.38 bits per heavy atom. The Morgan fingerprint density at radius 2 is 1.62 bits per heavy atom. The van der Waals surface area contributed by atoms with Gasteiger partial charge in [0, 0.05) is 23.5 Å². The Hall–Kier alpha value is -3.55. The topological polar surface area (TPSA) is 90.4 Å². The van der Waals surface area contributed by atoms with Crippen LogP contribution in [0.5, 0.6) is 17.2 Å². The van der Waals surface area contributed by atoms with Crippen LogP contribution in [0.15, 0.2) is 48.7 Å². The zero-order valence-electron chi connectivity index (χ0n) is 14.7. The van der Waals surface area contributed by atoms with E-state index in [4.69, 9.17) is 14.2 Å². The molecule has 0 amide bonds. The molecule has 0 saturated carbocycles. The second kappa shape index (κ2) is 8.02. The van der Waals surface area contributed by atoms with Crippen LogP contribution in [0.2, 0.25) is 0 Å². The normalized spacial score (nSPS) is 10.1. The van der Waals surface area contributed by atoms with E-state index < -0.39 is 0 Å². The third-order valence-electron chi connectivity index (χ3n) is 3.54. The number of anilines is 4. The van der Waals surface area contributed by atoms with Crippen LogP contribution in [0.1, 0.15) is 0 Å². The van der Waals surface area contributed by atoms with Crippen LogP contribution in [-0.2, 0) is 0 Å². The first kappa shape index (κ1) is 17.3. The first-order valence-electron chi connectivity index (χ1n) is 7.81. The zero-order valence-corrected chi connectivity index (χ0v) is 14.7. The van der Waals surface area contributed by atoms with Gasteiger partial charge in [-0.3, -0.25) is 0 Å². The van der Waals surface area contributed by atoms with Crippen molar-refractivity contribution < 1.29 is 14.2 Å². The highest BCUT2D eigenvalue weighted by molar-refractivity contribution is 5.62. The number of nitrogens with zero attached hydrogens (tertiary/aromatic N) is 3. The molecule has 3 rings (SSSR count). The first-order valence-corrected chi connectivity index (χ1v) is 7.81. The minimum atomic E-state index is 0.352. The molecule has 0 saturated heterocycles. The smallest absolute Gasteiger partial charge is 0.249 e. The fraction of sp³-hybridized carbons (Fsp3) is 0.167. The highest BCUT2D eigenvalue weighted by Crippen LogP contribution is 2.30.